The van der Waals surface area contributed by atoms with Crippen LogP contribution in [-0.2, 0) is 0 Å². The van der Waals surface area contributed by atoms with E-state index in [1.165, 1.54) is 21.9 Å². The lowest BCUT2D eigenvalue weighted by molar-refractivity contribution is 0.509. The van der Waals surface area contributed by atoms with E-state index in [4.69, 9.17) is 0 Å². The summed E-state index contributed by atoms with van der Waals surface area (Å²) < 4.78 is 27.9. The van der Waals surface area contributed by atoms with Crippen molar-refractivity contribution in [3.05, 3.63) is 40.5 Å². The Labute approximate surface area is 122 Å². The molecule has 0 saturated heterocycles. The average molecular weight is 302 g/mol. The van der Waals surface area contributed by atoms with Crippen LogP contribution in [0.3, 0.4) is 0 Å². The molecular formula is C14H8F2N4S. The summed E-state index contributed by atoms with van der Waals surface area (Å²) in [4.78, 5) is 4.97. The summed E-state index contributed by atoms with van der Waals surface area (Å²) in [6.45, 7) is 0. The highest BCUT2D eigenvalue weighted by atomic mass is 32.1. The van der Waals surface area contributed by atoms with Gasteiger partial charge in [0.05, 0.1) is 0 Å². The number of benzene rings is 1. The maximum Gasteiger partial charge on any atom is 0.214 e. The Morgan fingerprint density at radius 2 is 2.10 bits per heavy atom. The highest BCUT2D eigenvalue weighted by Gasteiger charge is 2.29. The molecule has 4 rings (SSSR count). The first kappa shape index (κ1) is 12.4. The van der Waals surface area contributed by atoms with E-state index < -0.39 is 11.6 Å². The molecule has 0 atom stereocenters. The van der Waals surface area contributed by atoms with Crippen LogP contribution in [0.15, 0.2) is 18.2 Å². The minimum atomic E-state index is -0.959. The summed E-state index contributed by atoms with van der Waals surface area (Å²) in [6.07, 6.45) is 2.24. The largest absolute Gasteiger partial charge is 0.216 e. The van der Waals surface area contributed by atoms with E-state index in [2.05, 4.69) is 16.2 Å². The summed E-state index contributed by atoms with van der Waals surface area (Å²) in [5, 5.41) is 14.7. The zero-order valence-corrected chi connectivity index (χ0v) is 11.5. The molecule has 0 bridgehead atoms. The Bertz CT molecular complexity index is 902. The van der Waals surface area contributed by atoms with Crippen molar-refractivity contribution in [3.63, 3.8) is 0 Å². The van der Waals surface area contributed by atoms with E-state index in [1.54, 1.807) is 0 Å². The predicted molar refractivity (Wildman–Crippen MR) is 72.9 cm³/mol. The van der Waals surface area contributed by atoms with Crippen LogP contribution < -0.4 is 0 Å². The van der Waals surface area contributed by atoms with Gasteiger partial charge in [0.15, 0.2) is 17.3 Å². The molecule has 2 heterocycles. The van der Waals surface area contributed by atoms with Gasteiger partial charge in [-0.3, -0.25) is 0 Å². The SMILES string of the molecule is N#Cc1c(-c2ccc(F)c(F)c2)nc2sc(C3CC3)nn12. The molecule has 1 aliphatic carbocycles. The van der Waals surface area contributed by atoms with Crippen molar-refractivity contribution in [2.75, 3.05) is 0 Å². The monoisotopic (exact) mass is 302 g/mol. The number of hydrogen-bond donors (Lipinski definition) is 0. The van der Waals surface area contributed by atoms with Crippen molar-refractivity contribution in [2.45, 2.75) is 18.8 Å². The Kier molecular flexibility index (Phi) is 2.56. The Morgan fingerprint density at radius 1 is 1.29 bits per heavy atom. The molecule has 0 unspecified atom stereocenters. The van der Waals surface area contributed by atoms with E-state index in [1.807, 2.05) is 0 Å². The zero-order chi connectivity index (χ0) is 14.6. The van der Waals surface area contributed by atoms with Crippen molar-refractivity contribution >= 4 is 16.3 Å². The first-order valence-corrected chi connectivity index (χ1v) is 7.24. The standard InChI is InChI=1S/C14H8F2N4S/c15-9-4-3-8(5-10(9)16)12-11(6-17)20-14(18-12)21-13(19-20)7-1-2-7/h3-5,7H,1-2H2. The topological polar surface area (TPSA) is 54.0 Å². The first-order valence-electron chi connectivity index (χ1n) is 6.42. The molecule has 21 heavy (non-hydrogen) atoms. The minimum absolute atomic E-state index is 0.249. The van der Waals surface area contributed by atoms with Gasteiger partial charge in [-0.15, -0.1) is 0 Å². The van der Waals surface area contributed by atoms with Gasteiger partial charge in [-0.05, 0) is 31.0 Å². The molecule has 1 aliphatic rings. The lowest BCUT2D eigenvalue weighted by Gasteiger charge is -1.99. The lowest BCUT2D eigenvalue weighted by Crippen LogP contribution is -1.93. The minimum Gasteiger partial charge on any atom is -0.216 e. The van der Waals surface area contributed by atoms with Gasteiger partial charge >= 0.3 is 0 Å². The third-order valence-corrected chi connectivity index (χ3v) is 4.52. The molecule has 2 aromatic heterocycles. The normalized spacial score (nSPS) is 14.5. The number of hydrogen-bond acceptors (Lipinski definition) is 4. The van der Waals surface area contributed by atoms with Crippen LogP contribution in [0.1, 0.15) is 29.5 Å². The Morgan fingerprint density at radius 3 is 2.76 bits per heavy atom. The van der Waals surface area contributed by atoms with Crippen LogP contribution in [-0.4, -0.2) is 14.6 Å². The van der Waals surface area contributed by atoms with Gasteiger partial charge in [-0.25, -0.2) is 13.8 Å². The molecule has 0 amide bonds. The van der Waals surface area contributed by atoms with Gasteiger partial charge < -0.3 is 0 Å². The van der Waals surface area contributed by atoms with Crippen LogP contribution in [0.2, 0.25) is 0 Å². The fraction of sp³-hybridized carbons (Fsp3) is 0.214. The van der Waals surface area contributed by atoms with Gasteiger partial charge in [0, 0.05) is 11.5 Å². The fourth-order valence-electron chi connectivity index (χ4n) is 2.20. The summed E-state index contributed by atoms with van der Waals surface area (Å²) in [5.41, 5.74) is 0.952. The van der Waals surface area contributed by atoms with Crippen molar-refractivity contribution in [2.24, 2.45) is 0 Å². The van der Waals surface area contributed by atoms with E-state index in [-0.39, 0.29) is 5.69 Å². The number of halogens is 2. The maximum absolute atomic E-state index is 13.4. The molecule has 0 radical (unpaired) electrons. The second kappa shape index (κ2) is 4.33. The van der Waals surface area contributed by atoms with Crippen LogP contribution in [0.25, 0.3) is 16.2 Å². The smallest absolute Gasteiger partial charge is 0.214 e. The van der Waals surface area contributed by atoms with Gasteiger partial charge in [-0.1, -0.05) is 11.3 Å². The van der Waals surface area contributed by atoms with Gasteiger partial charge in [0.25, 0.3) is 0 Å². The maximum atomic E-state index is 13.4. The lowest BCUT2D eigenvalue weighted by atomic mass is 10.1. The molecule has 0 N–H and O–H groups in total. The summed E-state index contributed by atoms with van der Waals surface area (Å²) >= 11 is 1.44. The molecule has 7 heteroatoms. The van der Waals surface area contributed by atoms with Crippen molar-refractivity contribution in [1.29, 1.82) is 5.26 Å². The van der Waals surface area contributed by atoms with Crippen LogP contribution >= 0.6 is 11.3 Å². The quantitative estimate of drug-likeness (QED) is 0.728. The highest BCUT2D eigenvalue weighted by Crippen LogP contribution is 2.42. The molecule has 104 valence electrons. The number of fused-ring (bicyclic) bond motifs is 1. The molecule has 4 nitrogen and oxygen atoms in total. The van der Waals surface area contributed by atoms with E-state index >= 15 is 0 Å². The number of nitrogens with zero attached hydrogens (tertiary/aromatic N) is 4. The van der Waals surface area contributed by atoms with Crippen LogP contribution in [0.4, 0.5) is 8.78 Å². The summed E-state index contributed by atoms with van der Waals surface area (Å²) in [6, 6.07) is 5.54. The fourth-order valence-corrected chi connectivity index (χ4v) is 3.27. The second-order valence-electron chi connectivity index (χ2n) is 4.96. The number of nitriles is 1. The van der Waals surface area contributed by atoms with Gasteiger partial charge in [-0.2, -0.15) is 14.9 Å². The molecule has 1 fully saturated rings. The predicted octanol–water partition coefficient (Wildman–Crippen LogP) is 3.49. The van der Waals surface area contributed by atoms with E-state index in [0.717, 1.165) is 30.0 Å². The second-order valence-corrected chi connectivity index (χ2v) is 5.95. The van der Waals surface area contributed by atoms with Crippen LogP contribution in [0.5, 0.6) is 0 Å². The van der Waals surface area contributed by atoms with Crippen LogP contribution in [0, 0.1) is 23.0 Å². The molecule has 3 aromatic rings. The number of rotatable bonds is 2. The van der Waals surface area contributed by atoms with Gasteiger partial charge in [0.1, 0.15) is 16.8 Å². The Balaban J connectivity index is 1.90. The molecule has 0 spiro atoms. The van der Waals surface area contributed by atoms with Crippen molar-refractivity contribution in [1.82, 2.24) is 14.6 Å². The van der Waals surface area contributed by atoms with E-state index in [9.17, 15) is 14.0 Å². The Hall–Kier alpha value is -2.33. The average Bonchev–Trinajstić information content (AvgIpc) is 3.15. The molecule has 1 saturated carbocycles. The van der Waals surface area contributed by atoms with Crippen molar-refractivity contribution in [3.8, 4) is 17.3 Å². The number of imidazole rings is 1. The summed E-state index contributed by atoms with van der Waals surface area (Å²) in [5.74, 6) is -1.40. The van der Waals surface area contributed by atoms with Crippen molar-refractivity contribution < 1.29 is 8.78 Å². The molecule has 0 aliphatic heterocycles. The van der Waals surface area contributed by atoms with E-state index in [0.29, 0.717) is 22.1 Å². The third-order valence-electron chi connectivity index (χ3n) is 3.44. The summed E-state index contributed by atoms with van der Waals surface area (Å²) in [7, 11) is 0. The zero-order valence-electron chi connectivity index (χ0n) is 10.7. The molecular weight excluding hydrogens is 294 g/mol. The highest BCUT2D eigenvalue weighted by molar-refractivity contribution is 7.16. The molecule has 1 aromatic carbocycles. The third kappa shape index (κ3) is 1.91. The number of aromatic nitrogens is 3. The first-order chi connectivity index (χ1) is 10.2. The van der Waals surface area contributed by atoms with Gasteiger partial charge in [0.2, 0.25) is 4.96 Å².